The van der Waals surface area contributed by atoms with E-state index in [1.165, 1.54) is 0 Å². The first kappa shape index (κ1) is 16.3. The van der Waals surface area contributed by atoms with E-state index in [1.54, 1.807) is 0 Å². The lowest BCUT2D eigenvalue weighted by molar-refractivity contribution is -0.0163. The van der Waals surface area contributed by atoms with Crippen molar-refractivity contribution in [2.45, 2.75) is 39.3 Å². The minimum Gasteiger partial charge on any atom is -0.491 e. The van der Waals surface area contributed by atoms with Crippen LogP contribution in [-0.2, 0) is 4.74 Å². The molecule has 1 rings (SSSR count). The summed E-state index contributed by atoms with van der Waals surface area (Å²) < 4.78 is 11.2. The fourth-order valence-electron chi connectivity index (χ4n) is 1.61. The molecule has 1 aromatic rings. The molecule has 108 valence electrons. The van der Waals surface area contributed by atoms with E-state index in [4.69, 9.17) is 21.1 Å². The highest BCUT2D eigenvalue weighted by molar-refractivity contribution is 6.31. The minimum absolute atomic E-state index is 0.132. The van der Waals surface area contributed by atoms with Gasteiger partial charge < -0.3 is 14.8 Å². The van der Waals surface area contributed by atoms with E-state index in [1.807, 2.05) is 46.0 Å². The Hall–Kier alpha value is -0.770. The van der Waals surface area contributed by atoms with Crippen LogP contribution in [0.3, 0.4) is 0 Å². The van der Waals surface area contributed by atoms with Crippen LogP contribution in [0.25, 0.3) is 0 Å². The van der Waals surface area contributed by atoms with Crippen LogP contribution in [0.5, 0.6) is 5.75 Å². The van der Waals surface area contributed by atoms with Crippen LogP contribution in [0.2, 0.25) is 5.02 Å². The molecule has 0 heterocycles. The van der Waals surface area contributed by atoms with Crippen LogP contribution in [0, 0.1) is 0 Å². The van der Waals surface area contributed by atoms with Gasteiger partial charge in [-0.15, -0.1) is 0 Å². The topological polar surface area (TPSA) is 30.5 Å². The highest BCUT2D eigenvalue weighted by Crippen LogP contribution is 2.27. The normalized spacial score (nSPS) is 13.4. The van der Waals surface area contributed by atoms with Crippen LogP contribution in [0.15, 0.2) is 18.2 Å². The molecular weight excluding hydrogens is 262 g/mol. The summed E-state index contributed by atoms with van der Waals surface area (Å²) in [5.74, 6) is 0.773. The number of rotatable bonds is 6. The summed E-state index contributed by atoms with van der Waals surface area (Å²) in [6.45, 7) is 9.23. The van der Waals surface area contributed by atoms with Crippen molar-refractivity contribution >= 4 is 11.6 Å². The van der Waals surface area contributed by atoms with Crippen molar-refractivity contribution in [3.8, 4) is 5.75 Å². The summed E-state index contributed by atoms with van der Waals surface area (Å²) >= 11 is 6.24. The first-order valence-electron chi connectivity index (χ1n) is 6.57. The number of benzene rings is 1. The van der Waals surface area contributed by atoms with E-state index in [0.29, 0.717) is 13.2 Å². The summed E-state index contributed by atoms with van der Waals surface area (Å²) in [5.41, 5.74) is 0.940. The lowest BCUT2D eigenvalue weighted by Gasteiger charge is -2.19. The predicted molar refractivity (Wildman–Crippen MR) is 80.1 cm³/mol. The Balaban J connectivity index is 2.50. The Kier molecular flexibility index (Phi) is 6.11. The van der Waals surface area contributed by atoms with Gasteiger partial charge in [0.15, 0.2) is 0 Å². The van der Waals surface area contributed by atoms with E-state index in [2.05, 4.69) is 12.2 Å². The number of ether oxygens (including phenoxy) is 2. The van der Waals surface area contributed by atoms with Gasteiger partial charge in [-0.2, -0.15) is 0 Å². The maximum Gasteiger partial charge on any atom is 0.120 e. The van der Waals surface area contributed by atoms with Crippen molar-refractivity contribution in [2.24, 2.45) is 0 Å². The van der Waals surface area contributed by atoms with Gasteiger partial charge in [0.25, 0.3) is 0 Å². The molecule has 0 aromatic heterocycles. The third-order valence-electron chi connectivity index (χ3n) is 2.76. The number of hydrogen-bond donors (Lipinski definition) is 1. The predicted octanol–water partition coefficient (Wildman–Crippen LogP) is 3.81. The third kappa shape index (κ3) is 5.81. The first-order valence-corrected chi connectivity index (χ1v) is 6.95. The van der Waals surface area contributed by atoms with Gasteiger partial charge in [0.2, 0.25) is 0 Å². The quantitative estimate of drug-likeness (QED) is 0.806. The maximum absolute atomic E-state index is 6.24. The van der Waals surface area contributed by atoms with Gasteiger partial charge in [-0.05, 0) is 52.4 Å². The second-order valence-corrected chi connectivity index (χ2v) is 5.91. The van der Waals surface area contributed by atoms with Crippen molar-refractivity contribution in [3.63, 3.8) is 0 Å². The molecule has 0 spiro atoms. The van der Waals surface area contributed by atoms with Gasteiger partial charge in [-0.25, -0.2) is 0 Å². The number of hydrogen-bond acceptors (Lipinski definition) is 3. The molecule has 0 saturated carbocycles. The molecule has 1 atom stereocenters. The minimum atomic E-state index is -0.132. The van der Waals surface area contributed by atoms with E-state index in [-0.39, 0.29) is 11.6 Å². The van der Waals surface area contributed by atoms with Crippen molar-refractivity contribution in [2.75, 3.05) is 20.3 Å². The van der Waals surface area contributed by atoms with Gasteiger partial charge in [-0.3, -0.25) is 0 Å². The van der Waals surface area contributed by atoms with Crippen LogP contribution in [0.1, 0.15) is 39.3 Å². The molecule has 0 aliphatic rings. The van der Waals surface area contributed by atoms with Crippen LogP contribution < -0.4 is 10.1 Å². The Bertz CT molecular complexity index is 402. The molecule has 4 heteroatoms. The molecule has 0 aliphatic carbocycles. The highest BCUT2D eigenvalue weighted by atomic mass is 35.5. The summed E-state index contributed by atoms with van der Waals surface area (Å²) in [7, 11) is 1.91. The molecule has 19 heavy (non-hydrogen) atoms. The molecule has 1 unspecified atom stereocenters. The van der Waals surface area contributed by atoms with E-state index >= 15 is 0 Å². The van der Waals surface area contributed by atoms with Crippen molar-refractivity contribution < 1.29 is 9.47 Å². The first-order chi connectivity index (χ1) is 8.83. The smallest absolute Gasteiger partial charge is 0.120 e. The Morgan fingerprint density at radius 1 is 1.26 bits per heavy atom. The van der Waals surface area contributed by atoms with Crippen molar-refractivity contribution in [1.29, 1.82) is 0 Å². The van der Waals surface area contributed by atoms with Crippen molar-refractivity contribution in [1.82, 2.24) is 5.32 Å². The summed E-state index contributed by atoms with van der Waals surface area (Å²) in [5, 5.41) is 3.88. The summed E-state index contributed by atoms with van der Waals surface area (Å²) in [4.78, 5) is 0. The zero-order valence-electron chi connectivity index (χ0n) is 12.4. The zero-order valence-corrected chi connectivity index (χ0v) is 13.2. The highest BCUT2D eigenvalue weighted by Gasteiger charge is 2.10. The van der Waals surface area contributed by atoms with Crippen LogP contribution in [-0.4, -0.2) is 25.9 Å². The summed E-state index contributed by atoms with van der Waals surface area (Å²) in [6.07, 6.45) is 0. The molecule has 3 nitrogen and oxygen atoms in total. The fraction of sp³-hybridized carbons (Fsp3) is 0.600. The third-order valence-corrected chi connectivity index (χ3v) is 3.09. The van der Waals surface area contributed by atoms with E-state index < -0.39 is 0 Å². The molecule has 0 saturated heterocycles. The molecule has 1 N–H and O–H groups in total. The number of halogens is 1. The Morgan fingerprint density at radius 3 is 2.47 bits per heavy atom. The molecule has 0 radical (unpaired) electrons. The zero-order chi connectivity index (χ0) is 14.5. The lowest BCUT2D eigenvalue weighted by atomic mass is 10.1. The molecule has 0 fully saturated rings. The number of nitrogens with one attached hydrogen (secondary N) is 1. The Labute approximate surface area is 121 Å². The monoisotopic (exact) mass is 285 g/mol. The molecule has 0 bridgehead atoms. The van der Waals surface area contributed by atoms with Gasteiger partial charge in [0, 0.05) is 11.1 Å². The maximum atomic E-state index is 6.24. The molecule has 0 aliphatic heterocycles. The largest absolute Gasteiger partial charge is 0.491 e. The van der Waals surface area contributed by atoms with Gasteiger partial charge in [-0.1, -0.05) is 17.7 Å². The molecule has 1 aromatic carbocycles. The second-order valence-electron chi connectivity index (χ2n) is 5.50. The van der Waals surface area contributed by atoms with Gasteiger partial charge >= 0.3 is 0 Å². The van der Waals surface area contributed by atoms with E-state index in [0.717, 1.165) is 16.3 Å². The standard InChI is InChI=1S/C15H24ClNO2/c1-11(17-5)13-7-6-12(10-14(13)16)18-8-9-19-15(2,3)4/h6-7,10-11,17H,8-9H2,1-5H3. The molecular formula is C15H24ClNO2. The van der Waals surface area contributed by atoms with Crippen LogP contribution in [0.4, 0.5) is 0 Å². The average molecular weight is 286 g/mol. The fourth-order valence-corrected chi connectivity index (χ4v) is 1.95. The summed E-state index contributed by atoms with van der Waals surface area (Å²) in [6, 6.07) is 6.00. The lowest BCUT2D eigenvalue weighted by Crippen LogP contribution is -2.22. The van der Waals surface area contributed by atoms with E-state index in [9.17, 15) is 0 Å². The Morgan fingerprint density at radius 2 is 1.95 bits per heavy atom. The average Bonchev–Trinajstić information content (AvgIpc) is 2.33. The SMILES string of the molecule is CNC(C)c1ccc(OCCOC(C)(C)C)cc1Cl. The van der Waals surface area contributed by atoms with Crippen molar-refractivity contribution in [3.05, 3.63) is 28.8 Å². The van der Waals surface area contributed by atoms with Crippen LogP contribution >= 0.6 is 11.6 Å². The van der Waals surface area contributed by atoms with Gasteiger partial charge in [0.05, 0.1) is 12.2 Å². The second kappa shape index (κ2) is 7.13. The van der Waals surface area contributed by atoms with Gasteiger partial charge in [0.1, 0.15) is 12.4 Å². The molecule has 0 amide bonds.